The van der Waals surface area contributed by atoms with Gasteiger partial charge in [0, 0.05) is 0 Å². The highest BCUT2D eigenvalue weighted by Gasteiger charge is 2.27. The van der Waals surface area contributed by atoms with E-state index in [-0.39, 0.29) is 11.2 Å². The van der Waals surface area contributed by atoms with Crippen LogP contribution in [0.3, 0.4) is 0 Å². The van der Waals surface area contributed by atoms with Crippen LogP contribution < -0.4 is 5.32 Å². The van der Waals surface area contributed by atoms with Crippen LogP contribution in [0, 0.1) is 0 Å². The van der Waals surface area contributed by atoms with Crippen LogP contribution in [0.1, 0.15) is 30.9 Å². The molecule has 0 bridgehead atoms. The van der Waals surface area contributed by atoms with Crippen molar-refractivity contribution in [2.24, 2.45) is 0 Å². The normalized spacial score (nSPS) is 20.5. The standard InChI is InChI=1S/C14H17NO3S/c16-13(11-8-4-5-9-19-11)15-12(14(17)18)10-6-2-1-3-7-10/h1-3,6-7,11-12H,4-5,8-9H2,(H,15,16)(H,17,18)/t11?,12-/m0/s1. The van der Waals surface area contributed by atoms with Crippen LogP contribution in [-0.4, -0.2) is 28.0 Å². The number of nitrogens with one attached hydrogen (secondary N) is 1. The Labute approximate surface area is 116 Å². The predicted octanol–water partition coefficient (Wildman–Crippen LogP) is 2.21. The lowest BCUT2D eigenvalue weighted by atomic mass is 10.1. The third-order valence-electron chi connectivity index (χ3n) is 3.14. The quantitative estimate of drug-likeness (QED) is 0.887. The summed E-state index contributed by atoms with van der Waals surface area (Å²) < 4.78 is 0. The molecule has 2 rings (SSSR count). The summed E-state index contributed by atoms with van der Waals surface area (Å²) >= 11 is 1.62. The monoisotopic (exact) mass is 279 g/mol. The molecular formula is C14H17NO3S. The number of benzene rings is 1. The molecule has 5 heteroatoms. The third-order valence-corrected chi connectivity index (χ3v) is 4.52. The summed E-state index contributed by atoms with van der Waals surface area (Å²) in [6.45, 7) is 0. The van der Waals surface area contributed by atoms with Gasteiger partial charge in [0.25, 0.3) is 0 Å². The number of amides is 1. The molecule has 1 aliphatic rings. The summed E-state index contributed by atoms with van der Waals surface area (Å²) in [6, 6.07) is 7.83. The van der Waals surface area contributed by atoms with Crippen LogP contribution in [0.25, 0.3) is 0 Å². The van der Waals surface area contributed by atoms with Gasteiger partial charge in [0.2, 0.25) is 5.91 Å². The zero-order valence-electron chi connectivity index (χ0n) is 10.5. The van der Waals surface area contributed by atoms with Crippen molar-refractivity contribution in [1.82, 2.24) is 5.32 Å². The molecule has 0 saturated carbocycles. The summed E-state index contributed by atoms with van der Waals surface area (Å²) in [4.78, 5) is 23.4. The zero-order chi connectivity index (χ0) is 13.7. The highest BCUT2D eigenvalue weighted by atomic mass is 32.2. The molecule has 1 aromatic carbocycles. The summed E-state index contributed by atoms with van der Waals surface area (Å²) in [5.41, 5.74) is 0.601. The van der Waals surface area contributed by atoms with E-state index in [2.05, 4.69) is 5.32 Å². The van der Waals surface area contributed by atoms with Crippen molar-refractivity contribution >= 4 is 23.6 Å². The maximum absolute atomic E-state index is 12.1. The van der Waals surface area contributed by atoms with Gasteiger partial charge in [-0.2, -0.15) is 0 Å². The molecule has 1 amide bonds. The van der Waals surface area contributed by atoms with E-state index in [1.54, 1.807) is 36.0 Å². The molecule has 102 valence electrons. The summed E-state index contributed by atoms with van der Waals surface area (Å²) in [6.07, 6.45) is 3.00. The minimum Gasteiger partial charge on any atom is -0.479 e. The number of hydrogen-bond acceptors (Lipinski definition) is 3. The van der Waals surface area contributed by atoms with E-state index in [0.717, 1.165) is 25.0 Å². The van der Waals surface area contributed by atoms with Crippen molar-refractivity contribution < 1.29 is 14.7 Å². The Morgan fingerprint density at radius 3 is 2.58 bits per heavy atom. The van der Waals surface area contributed by atoms with Gasteiger partial charge in [-0.05, 0) is 24.2 Å². The topological polar surface area (TPSA) is 66.4 Å². The van der Waals surface area contributed by atoms with Gasteiger partial charge in [-0.3, -0.25) is 4.79 Å². The molecule has 1 heterocycles. The second-order valence-electron chi connectivity index (χ2n) is 4.55. The van der Waals surface area contributed by atoms with Crippen molar-refractivity contribution in [3.05, 3.63) is 35.9 Å². The Morgan fingerprint density at radius 2 is 2.00 bits per heavy atom. The lowest BCUT2D eigenvalue weighted by Gasteiger charge is -2.23. The number of hydrogen-bond donors (Lipinski definition) is 2. The van der Waals surface area contributed by atoms with Crippen molar-refractivity contribution in [2.45, 2.75) is 30.6 Å². The zero-order valence-corrected chi connectivity index (χ0v) is 11.4. The van der Waals surface area contributed by atoms with E-state index in [1.807, 2.05) is 6.07 Å². The first-order valence-corrected chi connectivity index (χ1v) is 7.43. The Hall–Kier alpha value is -1.49. The molecule has 1 unspecified atom stereocenters. The lowest BCUT2D eigenvalue weighted by Crippen LogP contribution is -2.39. The van der Waals surface area contributed by atoms with E-state index in [4.69, 9.17) is 0 Å². The Kier molecular flexibility index (Phi) is 4.85. The fourth-order valence-electron chi connectivity index (χ4n) is 2.12. The number of thioether (sulfide) groups is 1. The molecule has 0 aromatic heterocycles. The molecule has 1 aromatic rings. The Bertz CT molecular complexity index is 443. The SMILES string of the molecule is O=C(N[C@H](C(=O)O)c1ccccc1)C1CCCCS1. The summed E-state index contributed by atoms with van der Waals surface area (Å²) in [7, 11) is 0. The van der Waals surface area contributed by atoms with E-state index in [0.29, 0.717) is 5.56 Å². The van der Waals surface area contributed by atoms with Gasteiger partial charge in [-0.25, -0.2) is 4.79 Å². The van der Waals surface area contributed by atoms with E-state index >= 15 is 0 Å². The van der Waals surface area contributed by atoms with Gasteiger partial charge >= 0.3 is 5.97 Å². The third kappa shape index (κ3) is 3.73. The number of aliphatic carboxylic acids is 1. The molecule has 1 saturated heterocycles. The van der Waals surface area contributed by atoms with Gasteiger partial charge in [0.15, 0.2) is 6.04 Å². The minimum absolute atomic E-state index is 0.112. The van der Waals surface area contributed by atoms with Crippen molar-refractivity contribution in [1.29, 1.82) is 0 Å². The maximum atomic E-state index is 12.1. The van der Waals surface area contributed by atoms with Crippen LogP contribution in [0.5, 0.6) is 0 Å². The molecule has 2 N–H and O–H groups in total. The number of carboxylic acid groups (broad SMARTS) is 1. The molecule has 0 aliphatic carbocycles. The first-order chi connectivity index (χ1) is 9.18. The summed E-state index contributed by atoms with van der Waals surface area (Å²) in [5, 5.41) is 11.8. The number of carboxylic acids is 1. The van der Waals surface area contributed by atoms with Gasteiger partial charge in [0.1, 0.15) is 0 Å². The molecule has 0 spiro atoms. The van der Waals surface area contributed by atoms with Crippen LogP contribution >= 0.6 is 11.8 Å². The van der Waals surface area contributed by atoms with Crippen molar-refractivity contribution in [3.8, 4) is 0 Å². The lowest BCUT2D eigenvalue weighted by molar-refractivity contribution is -0.142. The van der Waals surface area contributed by atoms with Crippen LogP contribution in [0.15, 0.2) is 30.3 Å². The van der Waals surface area contributed by atoms with Crippen LogP contribution in [0.2, 0.25) is 0 Å². The van der Waals surface area contributed by atoms with Gasteiger partial charge < -0.3 is 10.4 Å². The maximum Gasteiger partial charge on any atom is 0.330 e. The highest BCUT2D eigenvalue weighted by Crippen LogP contribution is 2.26. The second-order valence-corrected chi connectivity index (χ2v) is 5.86. The molecule has 1 aliphatic heterocycles. The van der Waals surface area contributed by atoms with Crippen LogP contribution in [-0.2, 0) is 9.59 Å². The van der Waals surface area contributed by atoms with E-state index in [9.17, 15) is 14.7 Å². The first-order valence-electron chi connectivity index (χ1n) is 6.38. The Balaban J connectivity index is 2.04. The fraction of sp³-hybridized carbons (Fsp3) is 0.429. The number of rotatable bonds is 4. The van der Waals surface area contributed by atoms with E-state index < -0.39 is 12.0 Å². The van der Waals surface area contributed by atoms with Gasteiger partial charge in [-0.1, -0.05) is 36.8 Å². The summed E-state index contributed by atoms with van der Waals surface area (Å²) in [5.74, 6) is -0.220. The minimum atomic E-state index is -1.03. The molecule has 2 atom stereocenters. The fourth-order valence-corrected chi connectivity index (χ4v) is 3.32. The molecule has 0 radical (unpaired) electrons. The molecular weight excluding hydrogens is 262 g/mol. The van der Waals surface area contributed by atoms with Gasteiger partial charge in [-0.15, -0.1) is 11.8 Å². The molecule has 1 fully saturated rings. The number of carbonyl (C=O) groups excluding carboxylic acids is 1. The largest absolute Gasteiger partial charge is 0.479 e. The second kappa shape index (κ2) is 6.61. The average Bonchev–Trinajstić information content (AvgIpc) is 2.46. The van der Waals surface area contributed by atoms with E-state index in [1.165, 1.54) is 0 Å². The van der Waals surface area contributed by atoms with Crippen molar-refractivity contribution in [3.63, 3.8) is 0 Å². The van der Waals surface area contributed by atoms with Crippen LogP contribution in [0.4, 0.5) is 0 Å². The predicted molar refractivity (Wildman–Crippen MR) is 75.1 cm³/mol. The average molecular weight is 279 g/mol. The van der Waals surface area contributed by atoms with Gasteiger partial charge in [0.05, 0.1) is 5.25 Å². The Morgan fingerprint density at radius 1 is 1.26 bits per heavy atom. The molecule has 4 nitrogen and oxygen atoms in total. The highest BCUT2D eigenvalue weighted by molar-refractivity contribution is 8.00. The molecule has 19 heavy (non-hydrogen) atoms. The smallest absolute Gasteiger partial charge is 0.330 e. The van der Waals surface area contributed by atoms with Crippen molar-refractivity contribution in [2.75, 3.05) is 5.75 Å². The number of carbonyl (C=O) groups is 2. The first kappa shape index (κ1) is 13.9.